The molecule has 0 spiro atoms. The SMILES string of the molecule is COc1ccc(CN(C)C)c(C(O)c2ccccc2)c1. The van der Waals surface area contributed by atoms with Crippen LogP contribution in [-0.2, 0) is 6.54 Å². The van der Waals surface area contributed by atoms with Crippen LogP contribution in [0.4, 0.5) is 0 Å². The fraction of sp³-hybridized carbons (Fsp3) is 0.294. The molecule has 0 amide bonds. The van der Waals surface area contributed by atoms with Crippen molar-refractivity contribution in [3.63, 3.8) is 0 Å². The van der Waals surface area contributed by atoms with E-state index in [1.165, 1.54) is 0 Å². The number of hydrogen-bond acceptors (Lipinski definition) is 3. The molecule has 0 heterocycles. The van der Waals surface area contributed by atoms with E-state index in [0.717, 1.165) is 29.0 Å². The van der Waals surface area contributed by atoms with E-state index in [4.69, 9.17) is 4.74 Å². The van der Waals surface area contributed by atoms with Crippen LogP contribution in [0.25, 0.3) is 0 Å². The van der Waals surface area contributed by atoms with Crippen LogP contribution in [0.2, 0.25) is 0 Å². The minimum absolute atomic E-state index is 0.638. The first-order chi connectivity index (χ1) is 9.61. The molecule has 3 nitrogen and oxygen atoms in total. The Kier molecular flexibility index (Phi) is 4.77. The maximum atomic E-state index is 10.6. The van der Waals surface area contributed by atoms with E-state index in [-0.39, 0.29) is 0 Å². The van der Waals surface area contributed by atoms with E-state index in [1.807, 2.05) is 62.6 Å². The molecule has 0 aliphatic rings. The van der Waals surface area contributed by atoms with Crippen molar-refractivity contribution in [1.29, 1.82) is 0 Å². The molecule has 0 aliphatic carbocycles. The van der Waals surface area contributed by atoms with Crippen molar-refractivity contribution in [2.24, 2.45) is 0 Å². The standard InChI is InChI=1S/C17H21NO2/c1-18(2)12-14-9-10-15(20-3)11-16(14)17(19)13-7-5-4-6-8-13/h4-11,17,19H,12H2,1-3H3. The minimum Gasteiger partial charge on any atom is -0.497 e. The molecule has 3 heteroatoms. The van der Waals surface area contributed by atoms with E-state index in [0.29, 0.717) is 0 Å². The number of rotatable bonds is 5. The summed E-state index contributed by atoms with van der Waals surface area (Å²) in [4.78, 5) is 2.09. The fourth-order valence-electron chi connectivity index (χ4n) is 2.25. The van der Waals surface area contributed by atoms with Gasteiger partial charge in [-0.05, 0) is 42.9 Å². The van der Waals surface area contributed by atoms with Gasteiger partial charge in [-0.2, -0.15) is 0 Å². The van der Waals surface area contributed by atoms with Crippen LogP contribution in [0, 0.1) is 0 Å². The van der Waals surface area contributed by atoms with Gasteiger partial charge < -0.3 is 14.7 Å². The van der Waals surface area contributed by atoms with Crippen LogP contribution in [0.15, 0.2) is 48.5 Å². The summed E-state index contributed by atoms with van der Waals surface area (Å²) in [5.41, 5.74) is 2.89. The molecule has 0 bridgehead atoms. The second-order valence-electron chi connectivity index (χ2n) is 5.12. The average Bonchev–Trinajstić information content (AvgIpc) is 2.47. The van der Waals surface area contributed by atoms with Crippen LogP contribution in [0.3, 0.4) is 0 Å². The zero-order chi connectivity index (χ0) is 14.5. The molecule has 0 aliphatic heterocycles. The highest BCUT2D eigenvalue weighted by Crippen LogP contribution is 2.29. The number of aliphatic hydroxyl groups is 1. The predicted octanol–water partition coefficient (Wildman–Crippen LogP) is 2.84. The Morgan fingerprint density at radius 3 is 2.40 bits per heavy atom. The molecule has 1 atom stereocenters. The van der Waals surface area contributed by atoms with Gasteiger partial charge >= 0.3 is 0 Å². The monoisotopic (exact) mass is 271 g/mol. The van der Waals surface area contributed by atoms with E-state index in [2.05, 4.69) is 4.90 Å². The van der Waals surface area contributed by atoms with Gasteiger partial charge in [0, 0.05) is 6.54 Å². The molecule has 1 N–H and O–H groups in total. The van der Waals surface area contributed by atoms with Gasteiger partial charge in [-0.15, -0.1) is 0 Å². The maximum absolute atomic E-state index is 10.6. The summed E-state index contributed by atoms with van der Waals surface area (Å²) in [5, 5.41) is 10.6. The molecule has 0 fully saturated rings. The second kappa shape index (κ2) is 6.55. The summed E-state index contributed by atoms with van der Waals surface area (Å²) in [5.74, 6) is 0.762. The highest BCUT2D eigenvalue weighted by atomic mass is 16.5. The van der Waals surface area contributed by atoms with Gasteiger partial charge in [-0.1, -0.05) is 36.4 Å². The molecule has 106 valence electrons. The minimum atomic E-state index is -0.638. The van der Waals surface area contributed by atoms with Crippen molar-refractivity contribution in [2.75, 3.05) is 21.2 Å². The zero-order valence-electron chi connectivity index (χ0n) is 12.2. The first kappa shape index (κ1) is 14.6. The van der Waals surface area contributed by atoms with Crippen molar-refractivity contribution in [2.45, 2.75) is 12.6 Å². The summed E-state index contributed by atoms with van der Waals surface area (Å²) in [6.45, 7) is 0.781. The molecule has 2 aromatic rings. The Hall–Kier alpha value is -1.84. The van der Waals surface area contributed by atoms with Gasteiger partial charge in [-0.25, -0.2) is 0 Å². The fourth-order valence-corrected chi connectivity index (χ4v) is 2.25. The number of methoxy groups -OCH3 is 1. The number of hydrogen-bond donors (Lipinski definition) is 1. The van der Waals surface area contributed by atoms with Crippen molar-refractivity contribution in [3.8, 4) is 5.75 Å². The molecule has 2 rings (SSSR count). The topological polar surface area (TPSA) is 32.7 Å². The van der Waals surface area contributed by atoms with E-state index in [1.54, 1.807) is 7.11 Å². The molecule has 0 saturated heterocycles. The van der Waals surface area contributed by atoms with Gasteiger partial charge in [0.05, 0.1) is 7.11 Å². The lowest BCUT2D eigenvalue weighted by atomic mass is 9.96. The highest BCUT2D eigenvalue weighted by Gasteiger charge is 2.15. The third kappa shape index (κ3) is 3.38. The Balaban J connectivity index is 2.41. The number of ether oxygens (including phenoxy) is 1. The zero-order valence-corrected chi connectivity index (χ0v) is 12.2. The first-order valence-corrected chi connectivity index (χ1v) is 6.66. The van der Waals surface area contributed by atoms with Crippen molar-refractivity contribution >= 4 is 0 Å². The molecule has 1 unspecified atom stereocenters. The Morgan fingerprint density at radius 1 is 1.10 bits per heavy atom. The lowest BCUT2D eigenvalue weighted by molar-refractivity contribution is 0.217. The van der Waals surface area contributed by atoms with Crippen LogP contribution < -0.4 is 4.74 Å². The smallest absolute Gasteiger partial charge is 0.119 e. The number of benzene rings is 2. The van der Waals surface area contributed by atoms with Crippen LogP contribution in [0.1, 0.15) is 22.8 Å². The van der Waals surface area contributed by atoms with Crippen LogP contribution >= 0.6 is 0 Å². The molecule has 20 heavy (non-hydrogen) atoms. The Labute approximate surface area is 120 Å². The average molecular weight is 271 g/mol. The van der Waals surface area contributed by atoms with Crippen molar-refractivity contribution in [3.05, 3.63) is 65.2 Å². The maximum Gasteiger partial charge on any atom is 0.119 e. The van der Waals surface area contributed by atoms with Gasteiger partial charge in [0.25, 0.3) is 0 Å². The quantitative estimate of drug-likeness (QED) is 0.907. The third-order valence-corrected chi connectivity index (χ3v) is 3.25. The largest absolute Gasteiger partial charge is 0.497 e. The van der Waals surface area contributed by atoms with Crippen molar-refractivity contribution in [1.82, 2.24) is 4.90 Å². The summed E-state index contributed by atoms with van der Waals surface area (Å²) < 4.78 is 5.28. The van der Waals surface area contributed by atoms with Gasteiger partial charge in [0.15, 0.2) is 0 Å². The van der Waals surface area contributed by atoms with Crippen LogP contribution in [0.5, 0.6) is 5.75 Å². The molecular weight excluding hydrogens is 250 g/mol. The highest BCUT2D eigenvalue weighted by molar-refractivity contribution is 5.41. The predicted molar refractivity (Wildman–Crippen MR) is 80.9 cm³/mol. The molecular formula is C17H21NO2. The van der Waals surface area contributed by atoms with E-state index in [9.17, 15) is 5.11 Å². The van der Waals surface area contributed by atoms with Gasteiger partial charge in [0.2, 0.25) is 0 Å². The summed E-state index contributed by atoms with van der Waals surface area (Å²) in [6, 6.07) is 15.5. The van der Waals surface area contributed by atoms with E-state index < -0.39 is 6.10 Å². The summed E-state index contributed by atoms with van der Waals surface area (Å²) in [7, 11) is 5.67. The molecule has 0 radical (unpaired) electrons. The lowest BCUT2D eigenvalue weighted by Crippen LogP contribution is -2.14. The third-order valence-electron chi connectivity index (χ3n) is 3.25. The number of nitrogens with zero attached hydrogens (tertiary/aromatic N) is 1. The molecule has 0 aromatic heterocycles. The lowest BCUT2D eigenvalue weighted by Gasteiger charge is -2.19. The normalized spacial score (nSPS) is 12.4. The Bertz CT molecular complexity index is 552. The van der Waals surface area contributed by atoms with Crippen molar-refractivity contribution < 1.29 is 9.84 Å². The first-order valence-electron chi connectivity index (χ1n) is 6.66. The van der Waals surface area contributed by atoms with Gasteiger partial charge in [0.1, 0.15) is 11.9 Å². The van der Waals surface area contributed by atoms with Gasteiger partial charge in [-0.3, -0.25) is 0 Å². The number of aliphatic hydroxyl groups excluding tert-OH is 1. The summed E-state index contributed by atoms with van der Waals surface area (Å²) >= 11 is 0. The summed E-state index contributed by atoms with van der Waals surface area (Å²) in [6.07, 6.45) is -0.638. The second-order valence-corrected chi connectivity index (χ2v) is 5.12. The Morgan fingerprint density at radius 2 is 1.80 bits per heavy atom. The van der Waals surface area contributed by atoms with E-state index >= 15 is 0 Å². The molecule has 2 aromatic carbocycles. The molecule has 0 saturated carbocycles. The van der Waals surface area contributed by atoms with Crippen LogP contribution in [-0.4, -0.2) is 31.2 Å².